The Labute approximate surface area is 112 Å². The first-order valence-electron chi connectivity index (χ1n) is 6.33. The molecular weight excluding hydrogens is 240 g/mol. The number of nitrogens with two attached hydrogens (primary N) is 1. The third-order valence-electron chi connectivity index (χ3n) is 3.50. The van der Waals surface area contributed by atoms with Gasteiger partial charge in [0.25, 0.3) is 0 Å². The molecule has 1 unspecified atom stereocenters. The molecule has 1 atom stereocenters. The normalized spacial score (nSPS) is 18.4. The van der Waals surface area contributed by atoms with Crippen LogP contribution in [0.1, 0.15) is 28.8 Å². The van der Waals surface area contributed by atoms with Gasteiger partial charge in [-0.15, -0.1) is 0 Å². The van der Waals surface area contributed by atoms with Gasteiger partial charge in [0.2, 0.25) is 0 Å². The van der Waals surface area contributed by atoms with Crippen LogP contribution in [-0.2, 0) is 6.42 Å². The van der Waals surface area contributed by atoms with Crippen molar-refractivity contribution in [1.82, 2.24) is 0 Å². The van der Waals surface area contributed by atoms with Crippen LogP contribution in [0, 0.1) is 11.3 Å². The average molecular weight is 258 g/mol. The Kier molecular flexibility index (Phi) is 4.00. The SMILES string of the molecule is COc1cccc2c1CCC(CC(=N)/C=C\N)C2=O. The van der Waals surface area contributed by atoms with E-state index in [-0.39, 0.29) is 11.7 Å². The van der Waals surface area contributed by atoms with Crippen LogP contribution in [0.3, 0.4) is 0 Å². The number of ketones is 1. The number of allylic oxidation sites excluding steroid dienone is 1. The molecular formula is C15H18N2O2. The van der Waals surface area contributed by atoms with Crippen molar-refractivity contribution < 1.29 is 9.53 Å². The van der Waals surface area contributed by atoms with Crippen molar-refractivity contribution in [3.8, 4) is 5.75 Å². The minimum Gasteiger partial charge on any atom is -0.496 e. The molecule has 0 saturated heterocycles. The van der Waals surface area contributed by atoms with Gasteiger partial charge in [-0.1, -0.05) is 12.1 Å². The van der Waals surface area contributed by atoms with E-state index in [9.17, 15) is 4.79 Å². The van der Waals surface area contributed by atoms with E-state index in [0.29, 0.717) is 12.1 Å². The molecule has 0 heterocycles. The summed E-state index contributed by atoms with van der Waals surface area (Å²) in [6, 6.07) is 5.56. The summed E-state index contributed by atoms with van der Waals surface area (Å²) in [5.41, 5.74) is 7.39. The highest BCUT2D eigenvalue weighted by atomic mass is 16.5. The number of carbonyl (C=O) groups is 1. The molecule has 0 spiro atoms. The summed E-state index contributed by atoms with van der Waals surface area (Å²) in [4.78, 5) is 12.4. The minimum atomic E-state index is -0.122. The second kappa shape index (κ2) is 5.69. The first kappa shape index (κ1) is 13.3. The average Bonchev–Trinajstić information content (AvgIpc) is 2.41. The number of carbonyl (C=O) groups excluding carboxylic acids is 1. The van der Waals surface area contributed by atoms with Crippen molar-refractivity contribution in [2.24, 2.45) is 11.7 Å². The summed E-state index contributed by atoms with van der Waals surface area (Å²) in [6.07, 6.45) is 4.90. The van der Waals surface area contributed by atoms with Crippen LogP contribution in [-0.4, -0.2) is 18.6 Å². The van der Waals surface area contributed by atoms with Crippen molar-refractivity contribution in [2.75, 3.05) is 7.11 Å². The van der Waals surface area contributed by atoms with Crippen molar-refractivity contribution in [2.45, 2.75) is 19.3 Å². The maximum atomic E-state index is 12.4. The molecule has 0 bridgehead atoms. The smallest absolute Gasteiger partial charge is 0.166 e. The molecule has 1 aromatic rings. The second-order valence-electron chi connectivity index (χ2n) is 4.67. The largest absolute Gasteiger partial charge is 0.496 e. The molecule has 4 heteroatoms. The highest BCUT2D eigenvalue weighted by Gasteiger charge is 2.29. The summed E-state index contributed by atoms with van der Waals surface area (Å²) >= 11 is 0. The van der Waals surface area contributed by atoms with Gasteiger partial charge in [-0.3, -0.25) is 4.79 Å². The van der Waals surface area contributed by atoms with E-state index >= 15 is 0 Å². The quantitative estimate of drug-likeness (QED) is 0.814. The molecule has 0 fully saturated rings. The predicted octanol–water partition coefficient (Wildman–Crippen LogP) is 2.32. The minimum absolute atomic E-state index is 0.107. The molecule has 0 radical (unpaired) electrons. The van der Waals surface area contributed by atoms with Gasteiger partial charge in [-0.05, 0) is 37.6 Å². The van der Waals surface area contributed by atoms with E-state index in [2.05, 4.69) is 0 Å². The Hall–Kier alpha value is -2.10. The standard InChI is InChI=1S/C15H18N2O2/c1-19-14-4-2-3-13-12(14)6-5-10(15(13)18)9-11(17)7-8-16/h2-4,7-8,10,17H,5-6,9,16H2,1H3/b8-7-,17-11?. The highest BCUT2D eigenvalue weighted by Crippen LogP contribution is 2.33. The zero-order valence-corrected chi connectivity index (χ0v) is 11.0. The molecule has 3 N–H and O–H groups in total. The van der Waals surface area contributed by atoms with Gasteiger partial charge in [0, 0.05) is 22.8 Å². The topological polar surface area (TPSA) is 76.2 Å². The number of hydrogen-bond donors (Lipinski definition) is 2. The number of hydrogen-bond acceptors (Lipinski definition) is 4. The van der Waals surface area contributed by atoms with E-state index in [4.69, 9.17) is 15.9 Å². The molecule has 1 aromatic carbocycles. The first-order valence-corrected chi connectivity index (χ1v) is 6.33. The molecule has 0 aromatic heterocycles. The molecule has 100 valence electrons. The van der Waals surface area contributed by atoms with Crippen molar-refractivity contribution >= 4 is 11.5 Å². The van der Waals surface area contributed by atoms with E-state index in [0.717, 1.165) is 29.7 Å². The summed E-state index contributed by atoms with van der Waals surface area (Å²) in [5, 5.41) is 7.73. The van der Waals surface area contributed by atoms with Gasteiger partial charge in [0.1, 0.15) is 5.75 Å². The Morgan fingerprint density at radius 1 is 1.58 bits per heavy atom. The zero-order chi connectivity index (χ0) is 13.8. The van der Waals surface area contributed by atoms with Crippen molar-refractivity contribution in [1.29, 1.82) is 5.41 Å². The molecule has 2 rings (SSSR count). The van der Waals surface area contributed by atoms with Crippen LogP contribution in [0.2, 0.25) is 0 Å². The van der Waals surface area contributed by atoms with Gasteiger partial charge in [0.15, 0.2) is 5.78 Å². The van der Waals surface area contributed by atoms with Crippen LogP contribution in [0.5, 0.6) is 5.75 Å². The lowest BCUT2D eigenvalue weighted by Crippen LogP contribution is -2.24. The van der Waals surface area contributed by atoms with E-state index in [1.165, 1.54) is 12.3 Å². The van der Waals surface area contributed by atoms with Crippen LogP contribution in [0.15, 0.2) is 30.5 Å². The number of fused-ring (bicyclic) bond motifs is 1. The van der Waals surface area contributed by atoms with Crippen molar-refractivity contribution in [3.05, 3.63) is 41.6 Å². The fourth-order valence-electron chi connectivity index (χ4n) is 2.56. The zero-order valence-electron chi connectivity index (χ0n) is 11.0. The second-order valence-corrected chi connectivity index (χ2v) is 4.67. The predicted molar refractivity (Wildman–Crippen MR) is 74.8 cm³/mol. The number of methoxy groups -OCH3 is 1. The van der Waals surface area contributed by atoms with Gasteiger partial charge in [-0.25, -0.2) is 0 Å². The fraction of sp³-hybridized carbons (Fsp3) is 0.333. The molecule has 0 aliphatic heterocycles. The monoisotopic (exact) mass is 258 g/mol. The molecule has 1 aliphatic rings. The Bertz CT molecular complexity index is 535. The summed E-state index contributed by atoms with van der Waals surface area (Å²) in [7, 11) is 1.62. The van der Waals surface area contributed by atoms with Crippen molar-refractivity contribution in [3.63, 3.8) is 0 Å². The lowest BCUT2D eigenvalue weighted by molar-refractivity contribution is 0.0905. The molecule has 4 nitrogen and oxygen atoms in total. The lowest BCUT2D eigenvalue weighted by Gasteiger charge is -2.24. The molecule has 0 saturated carbocycles. The molecule has 1 aliphatic carbocycles. The van der Waals surface area contributed by atoms with E-state index in [1.807, 2.05) is 18.2 Å². The van der Waals surface area contributed by atoms with Gasteiger partial charge >= 0.3 is 0 Å². The molecule has 0 amide bonds. The maximum absolute atomic E-state index is 12.4. The third kappa shape index (κ3) is 2.67. The highest BCUT2D eigenvalue weighted by molar-refractivity contribution is 6.04. The summed E-state index contributed by atoms with van der Waals surface area (Å²) < 4.78 is 5.29. The fourth-order valence-corrected chi connectivity index (χ4v) is 2.56. The number of Topliss-reactive ketones (excluding diaryl/α,β-unsaturated/α-hetero) is 1. The van der Waals surface area contributed by atoms with Crippen LogP contribution in [0.25, 0.3) is 0 Å². The van der Waals surface area contributed by atoms with Gasteiger partial charge in [-0.2, -0.15) is 0 Å². The number of benzene rings is 1. The third-order valence-corrected chi connectivity index (χ3v) is 3.50. The first-order chi connectivity index (χ1) is 9.17. The summed E-state index contributed by atoms with van der Waals surface area (Å²) in [6.45, 7) is 0. The Morgan fingerprint density at radius 3 is 3.05 bits per heavy atom. The molecule has 19 heavy (non-hydrogen) atoms. The maximum Gasteiger partial charge on any atom is 0.166 e. The van der Waals surface area contributed by atoms with Gasteiger partial charge < -0.3 is 15.9 Å². The van der Waals surface area contributed by atoms with Crippen LogP contribution < -0.4 is 10.5 Å². The van der Waals surface area contributed by atoms with E-state index in [1.54, 1.807) is 7.11 Å². The number of rotatable bonds is 4. The number of nitrogens with one attached hydrogen (secondary N) is 1. The van der Waals surface area contributed by atoms with E-state index < -0.39 is 0 Å². The van der Waals surface area contributed by atoms with Crippen LogP contribution >= 0.6 is 0 Å². The Balaban J connectivity index is 2.23. The lowest BCUT2D eigenvalue weighted by atomic mass is 9.80. The van der Waals surface area contributed by atoms with Crippen LogP contribution in [0.4, 0.5) is 0 Å². The number of ether oxygens (including phenoxy) is 1. The van der Waals surface area contributed by atoms with Gasteiger partial charge in [0.05, 0.1) is 7.11 Å². The Morgan fingerprint density at radius 2 is 2.37 bits per heavy atom. The summed E-state index contributed by atoms with van der Waals surface area (Å²) in [5.74, 6) is 0.764.